The Morgan fingerprint density at radius 1 is 1.39 bits per heavy atom. The van der Waals surface area contributed by atoms with E-state index in [-0.39, 0.29) is 19.6 Å². The number of nitrogens with one attached hydrogen (secondary N) is 2. The zero-order valence-electron chi connectivity index (χ0n) is 9.71. The summed E-state index contributed by atoms with van der Waals surface area (Å²) in [5, 5.41) is 12.9. The van der Waals surface area contributed by atoms with Gasteiger partial charge in [-0.05, 0) is 13.3 Å². The zero-order chi connectivity index (χ0) is 14.2. The highest BCUT2D eigenvalue weighted by atomic mass is 19.4. The molecule has 2 amide bonds. The number of urea groups is 1. The quantitative estimate of drug-likeness (QED) is 0.596. The molecule has 1 atom stereocenters. The number of carboxylic acid groups (broad SMARTS) is 1. The Kier molecular flexibility index (Phi) is 7.10. The van der Waals surface area contributed by atoms with Crippen LogP contribution in [-0.4, -0.2) is 49.1 Å². The van der Waals surface area contributed by atoms with Crippen LogP contribution in [0.3, 0.4) is 0 Å². The fraction of sp³-hybridized carbons (Fsp3) is 0.778. The Morgan fingerprint density at radius 3 is 2.50 bits per heavy atom. The van der Waals surface area contributed by atoms with Crippen LogP contribution in [-0.2, 0) is 9.53 Å². The van der Waals surface area contributed by atoms with Gasteiger partial charge in [0.15, 0.2) is 0 Å². The van der Waals surface area contributed by atoms with Crippen molar-refractivity contribution in [1.29, 1.82) is 0 Å². The topological polar surface area (TPSA) is 87.7 Å². The SMILES string of the molecule is CC(NC(=O)NCCCOCC(F)(F)F)C(=O)O. The van der Waals surface area contributed by atoms with Gasteiger partial charge >= 0.3 is 18.2 Å². The first kappa shape index (κ1) is 16.5. The Labute approximate surface area is 101 Å². The number of hydrogen-bond acceptors (Lipinski definition) is 3. The van der Waals surface area contributed by atoms with Crippen LogP contribution in [0.5, 0.6) is 0 Å². The highest BCUT2D eigenvalue weighted by molar-refractivity contribution is 5.82. The third-order valence-corrected chi connectivity index (χ3v) is 1.73. The molecule has 0 aromatic carbocycles. The second kappa shape index (κ2) is 7.75. The summed E-state index contributed by atoms with van der Waals surface area (Å²) in [6.07, 6.45) is -4.16. The molecule has 0 bridgehead atoms. The average molecular weight is 272 g/mol. The lowest BCUT2D eigenvalue weighted by Crippen LogP contribution is -2.44. The number of ether oxygens (including phenoxy) is 1. The molecule has 0 radical (unpaired) electrons. The second-order valence-electron chi connectivity index (χ2n) is 3.48. The molecule has 3 N–H and O–H groups in total. The summed E-state index contributed by atoms with van der Waals surface area (Å²) in [6, 6.07) is -1.73. The van der Waals surface area contributed by atoms with Gasteiger partial charge in [0.2, 0.25) is 0 Å². The van der Waals surface area contributed by atoms with Gasteiger partial charge in [0, 0.05) is 13.2 Å². The van der Waals surface area contributed by atoms with Crippen LogP contribution in [0.25, 0.3) is 0 Å². The third kappa shape index (κ3) is 9.70. The lowest BCUT2D eigenvalue weighted by molar-refractivity contribution is -0.173. The van der Waals surface area contributed by atoms with Crippen molar-refractivity contribution >= 4 is 12.0 Å². The molecular weight excluding hydrogens is 257 g/mol. The first-order valence-electron chi connectivity index (χ1n) is 5.14. The van der Waals surface area contributed by atoms with Crippen molar-refractivity contribution in [3.8, 4) is 0 Å². The minimum absolute atomic E-state index is 0.0933. The number of halogens is 3. The number of carbonyl (C=O) groups excluding carboxylic acids is 1. The monoisotopic (exact) mass is 272 g/mol. The van der Waals surface area contributed by atoms with Gasteiger partial charge in [-0.3, -0.25) is 4.79 Å². The molecule has 0 heterocycles. The first-order valence-corrected chi connectivity index (χ1v) is 5.14. The van der Waals surface area contributed by atoms with Crippen LogP contribution in [0, 0.1) is 0 Å². The van der Waals surface area contributed by atoms with Crippen molar-refractivity contribution in [3.05, 3.63) is 0 Å². The Bertz CT molecular complexity index is 283. The van der Waals surface area contributed by atoms with Gasteiger partial charge in [-0.1, -0.05) is 0 Å². The molecule has 0 aliphatic heterocycles. The van der Waals surface area contributed by atoms with Crippen molar-refractivity contribution in [2.24, 2.45) is 0 Å². The maximum absolute atomic E-state index is 11.7. The largest absolute Gasteiger partial charge is 0.480 e. The smallest absolute Gasteiger partial charge is 0.411 e. The van der Waals surface area contributed by atoms with Crippen molar-refractivity contribution in [2.75, 3.05) is 19.8 Å². The van der Waals surface area contributed by atoms with Crippen LogP contribution in [0.4, 0.5) is 18.0 Å². The number of carbonyl (C=O) groups is 2. The molecule has 9 heteroatoms. The second-order valence-corrected chi connectivity index (χ2v) is 3.48. The molecule has 0 aliphatic carbocycles. The summed E-state index contributed by atoms with van der Waals surface area (Å²) < 4.78 is 39.3. The molecule has 18 heavy (non-hydrogen) atoms. The van der Waals surface area contributed by atoms with E-state index < -0.39 is 30.8 Å². The normalized spacial score (nSPS) is 12.9. The standard InChI is InChI=1S/C9H15F3N2O4/c1-6(7(15)16)14-8(17)13-3-2-4-18-5-9(10,11)12/h6H,2-5H2,1H3,(H,15,16)(H2,13,14,17). The Morgan fingerprint density at radius 2 is 2.00 bits per heavy atom. The van der Waals surface area contributed by atoms with E-state index in [4.69, 9.17) is 5.11 Å². The highest BCUT2D eigenvalue weighted by Crippen LogP contribution is 2.14. The van der Waals surface area contributed by atoms with Crippen molar-refractivity contribution in [3.63, 3.8) is 0 Å². The highest BCUT2D eigenvalue weighted by Gasteiger charge is 2.27. The predicted molar refractivity (Wildman–Crippen MR) is 55.1 cm³/mol. The van der Waals surface area contributed by atoms with Crippen LogP contribution < -0.4 is 10.6 Å². The van der Waals surface area contributed by atoms with Crippen LogP contribution in [0.15, 0.2) is 0 Å². The summed E-state index contributed by atoms with van der Waals surface area (Å²) in [5.41, 5.74) is 0. The lowest BCUT2D eigenvalue weighted by atomic mass is 10.3. The maximum Gasteiger partial charge on any atom is 0.411 e. The van der Waals surface area contributed by atoms with Gasteiger partial charge in [0.05, 0.1) is 0 Å². The number of rotatable bonds is 7. The minimum Gasteiger partial charge on any atom is -0.480 e. The molecule has 0 aliphatic rings. The molecule has 0 saturated carbocycles. The molecule has 106 valence electrons. The fourth-order valence-corrected chi connectivity index (χ4v) is 0.873. The molecule has 0 saturated heterocycles. The van der Waals surface area contributed by atoms with Gasteiger partial charge in [0.1, 0.15) is 12.6 Å². The summed E-state index contributed by atoms with van der Waals surface area (Å²) >= 11 is 0. The molecular formula is C9H15F3N2O4. The molecule has 1 unspecified atom stereocenters. The number of carboxylic acids is 1. The lowest BCUT2D eigenvalue weighted by Gasteiger charge is -2.11. The van der Waals surface area contributed by atoms with Gasteiger partial charge in [-0.2, -0.15) is 13.2 Å². The summed E-state index contributed by atoms with van der Waals surface area (Å²) in [7, 11) is 0. The molecule has 0 aromatic heterocycles. The number of hydrogen-bond donors (Lipinski definition) is 3. The molecule has 0 rings (SSSR count). The number of alkyl halides is 3. The van der Waals surface area contributed by atoms with Gasteiger partial charge in [-0.25, -0.2) is 4.79 Å². The van der Waals surface area contributed by atoms with Crippen molar-refractivity contribution < 1.29 is 32.6 Å². The van der Waals surface area contributed by atoms with E-state index in [2.05, 4.69) is 15.4 Å². The molecule has 0 aromatic rings. The number of aliphatic carboxylic acids is 1. The van der Waals surface area contributed by atoms with Crippen LogP contribution in [0.2, 0.25) is 0 Å². The minimum atomic E-state index is -4.36. The van der Waals surface area contributed by atoms with E-state index in [1.54, 1.807) is 0 Å². The van der Waals surface area contributed by atoms with E-state index in [0.717, 1.165) is 0 Å². The van der Waals surface area contributed by atoms with Crippen molar-refractivity contribution in [1.82, 2.24) is 10.6 Å². The fourth-order valence-electron chi connectivity index (χ4n) is 0.873. The van der Waals surface area contributed by atoms with Crippen LogP contribution in [0.1, 0.15) is 13.3 Å². The average Bonchev–Trinajstić information content (AvgIpc) is 2.21. The van der Waals surface area contributed by atoms with E-state index in [9.17, 15) is 22.8 Å². The molecule has 0 spiro atoms. The van der Waals surface area contributed by atoms with E-state index >= 15 is 0 Å². The molecule has 0 fully saturated rings. The van der Waals surface area contributed by atoms with Crippen LogP contribution >= 0.6 is 0 Å². The number of amides is 2. The Hall–Kier alpha value is -1.51. The predicted octanol–water partition coefficient (Wildman–Crippen LogP) is 0.728. The van der Waals surface area contributed by atoms with Crippen molar-refractivity contribution in [2.45, 2.75) is 25.6 Å². The summed E-state index contributed by atoms with van der Waals surface area (Å²) in [6.45, 7) is -0.0894. The van der Waals surface area contributed by atoms with Gasteiger partial charge in [0.25, 0.3) is 0 Å². The van der Waals surface area contributed by atoms with E-state index in [0.29, 0.717) is 0 Å². The van der Waals surface area contributed by atoms with E-state index in [1.807, 2.05) is 0 Å². The first-order chi connectivity index (χ1) is 8.22. The molecule has 6 nitrogen and oxygen atoms in total. The third-order valence-electron chi connectivity index (χ3n) is 1.73. The summed E-state index contributed by atoms with van der Waals surface area (Å²) in [5.74, 6) is -1.18. The summed E-state index contributed by atoms with van der Waals surface area (Å²) in [4.78, 5) is 21.4. The van der Waals surface area contributed by atoms with Gasteiger partial charge < -0.3 is 20.5 Å². The van der Waals surface area contributed by atoms with E-state index in [1.165, 1.54) is 6.92 Å². The zero-order valence-corrected chi connectivity index (χ0v) is 9.71. The maximum atomic E-state index is 11.7. The Balaban J connectivity index is 3.50. The van der Waals surface area contributed by atoms with Gasteiger partial charge in [-0.15, -0.1) is 0 Å².